The summed E-state index contributed by atoms with van der Waals surface area (Å²) in [6.45, 7) is 7.46. The van der Waals surface area contributed by atoms with Crippen LogP contribution in [0.5, 0.6) is 0 Å². The van der Waals surface area contributed by atoms with Gasteiger partial charge in [0.1, 0.15) is 0 Å². The molecule has 0 radical (unpaired) electrons. The van der Waals surface area contributed by atoms with Crippen molar-refractivity contribution >= 4 is 6.03 Å². The fourth-order valence-corrected chi connectivity index (χ4v) is 2.77. The zero-order valence-electron chi connectivity index (χ0n) is 12.2. The number of likely N-dealkylation sites (N-methyl/N-ethyl adjacent to an activating group) is 1. The van der Waals surface area contributed by atoms with Crippen LogP contribution < -0.4 is 5.73 Å². The van der Waals surface area contributed by atoms with Gasteiger partial charge in [-0.1, -0.05) is 23.8 Å². The zero-order valence-corrected chi connectivity index (χ0v) is 12.2. The van der Waals surface area contributed by atoms with E-state index < -0.39 is 0 Å². The Bertz CT molecular complexity index is 484. The SMILES string of the molecule is Cc1ccc(C2CN(CC(C)N)C(=O)N2C)c(C)c1. The van der Waals surface area contributed by atoms with E-state index in [9.17, 15) is 4.79 Å². The van der Waals surface area contributed by atoms with Crippen LogP contribution in [0.2, 0.25) is 0 Å². The summed E-state index contributed by atoms with van der Waals surface area (Å²) in [5.74, 6) is 0. The number of benzene rings is 1. The maximum Gasteiger partial charge on any atom is 0.320 e. The third kappa shape index (κ3) is 2.73. The van der Waals surface area contributed by atoms with Crippen LogP contribution in [0.25, 0.3) is 0 Å². The molecule has 2 unspecified atom stereocenters. The fraction of sp³-hybridized carbons (Fsp3) is 0.533. The molecule has 0 aliphatic carbocycles. The van der Waals surface area contributed by atoms with Crippen molar-refractivity contribution in [3.8, 4) is 0 Å². The van der Waals surface area contributed by atoms with Crippen LogP contribution in [0.1, 0.15) is 29.7 Å². The van der Waals surface area contributed by atoms with E-state index in [1.54, 1.807) is 0 Å². The number of urea groups is 1. The van der Waals surface area contributed by atoms with Gasteiger partial charge in [0.05, 0.1) is 6.04 Å². The molecule has 2 N–H and O–H groups in total. The van der Waals surface area contributed by atoms with E-state index >= 15 is 0 Å². The summed E-state index contributed by atoms with van der Waals surface area (Å²) in [6, 6.07) is 6.62. The smallest absolute Gasteiger partial charge is 0.320 e. The summed E-state index contributed by atoms with van der Waals surface area (Å²) in [5, 5.41) is 0. The van der Waals surface area contributed by atoms with Gasteiger partial charge < -0.3 is 15.5 Å². The van der Waals surface area contributed by atoms with Gasteiger partial charge >= 0.3 is 6.03 Å². The summed E-state index contributed by atoms with van der Waals surface area (Å²) < 4.78 is 0. The second-order valence-electron chi connectivity index (χ2n) is 5.65. The molecule has 2 rings (SSSR count). The standard InChI is InChI=1S/C15H23N3O/c1-10-5-6-13(11(2)7-10)14-9-18(8-12(3)16)15(19)17(14)4/h5-7,12,14H,8-9,16H2,1-4H3. The summed E-state index contributed by atoms with van der Waals surface area (Å²) >= 11 is 0. The van der Waals surface area contributed by atoms with Crippen LogP contribution in [-0.4, -0.2) is 42.0 Å². The first-order valence-corrected chi connectivity index (χ1v) is 6.74. The number of carbonyl (C=O) groups excluding carboxylic acids is 1. The van der Waals surface area contributed by atoms with Crippen molar-refractivity contribution in [3.05, 3.63) is 34.9 Å². The average Bonchev–Trinajstić information content (AvgIpc) is 2.57. The largest absolute Gasteiger partial charge is 0.326 e. The lowest BCUT2D eigenvalue weighted by Gasteiger charge is -2.20. The van der Waals surface area contributed by atoms with Gasteiger partial charge in [0.15, 0.2) is 0 Å². The third-order valence-corrected chi connectivity index (χ3v) is 3.73. The number of hydrogen-bond acceptors (Lipinski definition) is 2. The monoisotopic (exact) mass is 261 g/mol. The average molecular weight is 261 g/mol. The fourth-order valence-electron chi connectivity index (χ4n) is 2.77. The van der Waals surface area contributed by atoms with Gasteiger partial charge in [0, 0.05) is 26.2 Å². The number of hydrogen-bond donors (Lipinski definition) is 1. The van der Waals surface area contributed by atoms with E-state index in [-0.39, 0.29) is 18.1 Å². The van der Waals surface area contributed by atoms with Gasteiger partial charge in [-0.25, -0.2) is 4.79 Å². The highest BCUT2D eigenvalue weighted by molar-refractivity contribution is 5.77. The number of carbonyl (C=O) groups is 1. The predicted molar refractivity (Wildman–Crippen MR) is 77.0 cm³/mol. The topological polar surface area (TPSA) is 49.6 Å². The van der Waals surface area contributed by atoms with Crippen molar-refractivity contribution in [1.29, 1.82) is 0 Å². The normalized spacial score (nSPS) is 21.1. The van der Waals surface area contributed by atoms with Crippen LogP contribution in [0.15, 0.2) is 18.2 Å². The van der Waals surface area contributed by atoms with E-state index in [4.69, 9.17) is 5.73 Å². The molecule has 0 spiro atoms. The molecular formula is C15H23N3O. The second-order valence-corrected chi connectivity index (χ2v) is 5.65. The van der Waals surface area contributed by atoms with E-state index in [0.717, 1.165) is 6.54 Å². The van der Waals surface area contributed by atoms with Gasteiger partial charge in [0.25, 0.3) is 0 Å². The van der Waals surface area contributed by atoms with Crippen molar-refractivity contribution in [2.75, 3.05) is 20.1 Å². The number of amides is 2. The summed E-state index contributed by atoms with van der Waals surface area (Å²) in [7, 11) is 1.87. The molecule has 1 heterocycles. The second kappa shape index (κ2) is 5.21. The molecule has 1 aromatic rings. The maximum absolute atomic E-state index is 12.2. The first-order chi connectivity index (χ1) is 8.90. The Balaban J connectivity index is 2.24. The van der Waals surface area contributed by atoms with Crippen molar-refractivity contribution in [3.63, 3.8) is 0 Å². The van der Waals surface area contributed by atoms with Gasteiger partial charge in [-0.3, -0.25) is 0 Å². The lowest BCUT2D eigenvalue weighted by atomic mass is 9.99. The van der Waals surface area contributed by atoms with Crippen molar-refractivity contribution in [2.24, 2.45) is 5.73 Å². The van der Waals surface area contributed by atoms with Crippen molar-refractivity contribution in [2.45, 2.75) is 32.9 Å². The third-order valence-electron chi connectivity index (χ3n) is 3.73. The molecule has 1 aliphatic rings. The molecule has 19 heavy (non-hydrogen) atoms. The summed E-state index contributed by atoms with van der Waals surface area (Å²) in [5.41, 5.74) is 9.53. The highest BCUT2D eigenvalue weighted by Gasteiger charge is 2.36. The molecule has 1 aromatic carbocycles. The molecule has 104 valence electrons. The Morgan fingerprint density at radius 1 is 1.42 bits per heavy atom. The van der Waals surface area contributed by atoms with Gasteiger partial charge in [-0.15, -0.1) is 0 Å². The summed E-state index contributed by atoms with van der Waals surface area (Å²) in [4.78, 5) is 15.9. The number of nitrogens with two attached hydrogens (primary N) is 1. The minimum atomic E-state index is 0.00946. The van der Waals surface area contributed by atoms with Crippen molar-refractivity contribution < 1.29 is 4.79 Å². The molecule has 4 nitrogen and oxygen atoms in total. The van der Waals surface area contributed by atoms with E-state index in [1.807, 2.05) is 23.8 Å². The molecule has 0 aromatic heterocycles. The summed E-state index contributed by atoms with van der Waals surface area (Å²) in [6.07, 6.45) is 0. The molecule has 0 bridgehead atoms. The lowest BCUT2D eigenvalue weighted by Crippen LogP contribution is -2.38. The quantitative estimate of drug-likeness (QED) is 0.905. The minimum absolute atomic E-state index is 0.00946. The van der Waals surface area contributed by atoms with Gasteiger partial charge in [0.2, 0.25) is 0 Å². The first kappa shape index (κ1) is 13.9. The van der Waals surface area contributed by atoms with E-state index in [2.05, 4.69) is 32.0 Å². The van der Waals surface area contributed by atoms with Crippen LogP contribution in [0, 0.1) is 13.8 Å². The maximum atomic E-state index is 12.2. The highest BCUT2D eigenvalue weighted by Crippen LogP contribution is 2.30. The molecule has 1 fully saturated rings. The Morgan fingerprint density at radius 3 is 2.68 bits per heavy atom. The molecule has 2 amide bonds. The van der Waals surface area contributed by atoms with Crippen LogP contribution in [-0.2, 0) is 0 Å². The molecule has 1 saturated heterocycles. The van der Waals surface area contributed by atoms with Crippen LogP contribution in [0.3, 0.4) is 0 Å². The van der Waals surface area contributed by atoms with Gasteiger partial charge in [-0.2, -0.15) is 0 Å². The molecule has 2 atom stereocenters. The first-order valence-electron chi connectivity index (χ1n) is 6.74. The molecule has 1 aliphatic heterocycles. The Kier molecular flexibility index (Phi) is 3.80. The highest BCUT2D eigenvalue weighted by atomic mass is 16.2. The number of rotatable bonds is 3. The zero-order chi connectivity index (χ0) is 14.2. The molecule has 0 saturated carbocycles. The van der Waals surface area contributed by atoms with Crippen LogP contribution in [0.4, 0.5) is 4.79 Å². The number of aryl methyl sites for hydroxylation is 2. The lowest BCUT2D eigenvalue weighted by molar-refractivity contribution is 0.194. The van der Waals surface area contributed by atoms with Crippen molar-refractivity contribution in [1.82, 2.24) is 9.80 Å². The predicted octanol–water partition coefficient (Wildman–Crippen LogP) is 2.06. The Labute approximate surface area is 115 Å². The van der Waals surface area contributed by atoms with Gasteiger partial charge in [-0.05, 0) is 31.9 Å². The minimum Gasteiger partial charge on any atom is -0.326 e. The molecular weight excluding hydrogens is 238 g/mol. The van der Waals surface area contributed by atoms with Crippen LogP contribution >= 0.6 is 0 Å². The van der Waals surface area contributed by atoms with E-state index in [1.165, 1.54) is 16.7 Å². The Hall–Kier alpha value is -1.55. The molecule has 4 heteroatoms. The Morgan fingerprint density at radius 2 is 2.11 bits per heavy atom. The van der Waals surface area contributed by atoms with E-state index in [0.29, 0.717) is 6.54 Å². The number of nitrogens with zero attached hydrogens (tertiary/aromatic N) is 2.